The van der Waals surface area contributed by atoms with Crippen LogP contribution in [0.3, 0.4) is 0 Å². The molecule has 0 saturated heterocycles. The van der Waals surface area contributed by atoms with E-state index in [1.807, 2.05) is 21.1 Å². The Bertz CT molecular complexity index is 480. The zero-order valence-electron chi connectivity index (χ0n) is 15.2. The third-order valence-corrected chi connectivity index (χ3v) is 3.25. The van der Waals surface area contributed by atoms with Crippen molar-refractivity contribution in [3.8, 4) is 0 Å². The van der Waals surface area contributed by atoms with Gasteiger partial charge in [-0.25, -0.2) is 0 Å². The molecule has 8 heteroatoms. The summed E-state index contributed by atoms with van der Waals surface area (Å²) in [6, 6.07) is 0. The first kappa shape index (κ1) is 22.9. The minimum absolute atomic E-state index is 0.0341. The minimum atomic E-state index is -1.01. The molecule has 1 unspecified atom stereocenters. The monoisotopic (exact) mass is 360 g/mol. The van der Waals surface area contributed by atoms with Crippen molar-refractivity contribution in [1.29, 1.82) is 0 Å². The maximum Gasteiger partial charge on any atom is 0.307 e. The molecule has 0 saturated carbocycles. The van der Waals surface area contributed by atoms with Gasteiger partial charge in [0.1, 0.15) is 6.54 Å². The molecule has 0 spiro atoms. The van der Waals surface area contributed by atoms with Crippen molar-refractivity contribution in [2.75, 3.05) is 27.7 Å². The Kier molecular flexibility index (Phi) is 10.5. The lowest BCUT2D eigenvalue weighted by Gasteiger charge is -2.28. The molecular weight excluding hydrogens is 330 g/mol. The van der Waals surface area contributed by atoms with E-state index in [1.54, 1.807) is 0 Å². The molecule has 0 bridgehead atoms. The van der Waals surface area contributed by atoms with E-state index in [0.717, 1.165) is 0 Å². The van der Waals surface area contributed by atoms with Crippen LogP contribution in [0.25, 0.3) is 0 Å². The summed E-state index contributed by atoms with van der Waals surface area (Å²) in [6.45, 7) is 0.408. The van der Waals surface area contributed by atoms with Crippen LogP contribution in [0.15, 0.2) is 11.8 Å². The van der Waals surface area contributed by atoms with E-state index in [-0.39, 0.29) is 31.4 Å². The molecular formula is C17H30NO7+. The number of hydrogen-bond donors (Lipinski definition) is 3. The third-order valence-electron chi connectivity index (χ3n) is 3.25. The van der Waals surface area contributed by atoms with Crippen LogP contribution < -0.4 is 0 Å². The highest BCUT2D eigenvalue weighted by molar-refractivity contribution is 5.71. The first-order valence-electron chi connectivity index (χ1n) is 8.31. The van der Waals surface area contributed by atoms with E-state index in [1.165, 1.54) is 6.08 Å². The number of unbranched alkanes of at least 4 members (excludes halogenated alkanes) is 1. The van der Waals surface area contributed by atoms with Crippen molar-refractivity contribution < 1.29 is 38.9 Å². The number of hydrogen-bond acceptors (Lipinski definition) is 5. The number of quaternary nitrogens is 1. The largest absolute Gasteiger partial charge is 0.513 e. The van der Waals surface area contributed by atoms with Crippen LogP contribution in [0.4, 0.5) is 0 Å². The first-order chi connectivity index (χ1) is 11.5. The van der Waals surface area contributed by atoms with Crippen molar-refractivity contribution in [3.05, 3.63) is 11.8 Å². The van der Waals surface area contributed by atoms with E-state index in [2.05, 4.69) is 0 Å². The van der Waals surface area contributed by atoms with Gasteiger partial charge in [-0.3, -0.25) is 14.4 Å². The highest BCUT2D eigenvalue weighted by Crippen LogP contribution is 2.11. The molecule has 0 aromatic heterocycles. The second-order valence-electron chi connectivity index (χ2n) is 7.02. The SMILES string of the molecule is C[N+](C)(C)CC(CC(=O)O)OC(=O)CCCC/C(O)=C/CCC(=O)O. The fourth-order valence-corrected chi connectivity index (χ4v) is 2.23. The lowest BCUT2D eigenvalue weighted by atomic mass is 10.1. The van der Waals surface area contributed by atoms with E-state index >= 15 is 0 Å². The molecule has 0 aliphatic carbocycles. The van der Waals surface area contributed by atoms with Crippen LogP contribution >= 0.6 is 0 Å². The Balaban J connectivity index is 4.14. The highest BCUT2D eigenvalue weighted by Gasteiger charge is 2.24. The molecule has 25 heavy (non-hydrogen) atoms. The second kappa shape index (κ2) is 11.5. The summed E-state index contributed by atoms with van der Waals surface area (Å²) in [7, 11) is 5.67. The number of allylic oxidation sites excluding steroid dienone is 2. The molecule has 144 valence electrons. The van der Waals surface area contributed by atoms with Gasteiger partial charge in [-0.2, -0.15) is 0 Å². The molecule has 0 fully saturated rings. The average molecular weight is 360 g/mol. The Morgan fingerprint density at radius 1 is 0.960 bits per heavy atom. The Morgan fingerprint density at radius 3 is 2.08 bits per heavy atom. The number of esters is 1. The number of rotatable bonds is 13. The Labute approximate surface area is 148 Å². The number of carbonyl (C=O) groups is 3. The van der Waals surface area contributed by atoms with Gasteiger partial charge in [0.05, 0.1) is 33.3 Å². The molecule has 0 radical (unpaired) electrons. The van der Waals surface area contributed by atoms with Crippen molar-refractivity contribution >= 4 is 17.9 Å². The number of likely N-dealkylation sites (N-methyl/N-ethyl adjacent to an activating group) is 1. The smallest absolute Gasteiger partial charge is 0.307 e. The van der Waals surface area contributed by atoms with Crippen LogP contribution in [-0.2, 0) is 19.1 Å². The summed E-state index contributed by atoms with van der Waals surface area (Å²) < 4.78 is 5.74. The van der Waals surface area contributed by atoms with Gasteiger partial charge in [-0.15, -0.1) is 0 Å². The van der Waals surface area contributed by atoms with Crippen LogP contribution in [0.5, 0.6) is 0 Å². The van der Waals surface area contributed by atoms with Crippen molar-refractivity contribution in [1.82, 2.24) is 0 Å². The lowest BCUT2D eigenvalue weighted by Crippen LogP contribution is -2.43. The van der Waals surface area contributed by atoms with Crippen LogP contribution in [0.1, 0.15) is 44.9 Å². The summed E-state index contributed by atoms with van der Waals surface area (Å²) in [5.41, 5.74) is 0. The first-order valence-corrected chi connectivity index (χ1v) is 8.31. The molecule has 0 amide bonds. The van der Waals surface area contributed by atoms with Crippen LogP contribution in [0, 0.1) is 0 Å². The van der Waals surface area contributed by atoms with Crippen LogP contribution in [0.2, 0.25) is 0 Å². The van der Waals surface area contributed by atoms with Crippen molar-refractivity contribution in [3.63, 3.8) is 0 Å². The molecule has 1 atom stereocenters. The number of carboxylic acids is 2. The Morgan fingerprint density at radius 2 is 1.56 bits per heavy atom. The second-order valence-corrected chi connectivity index (χ2v) is 7.02. The summed E-state index contributed by atoms with van der Waals surface area (Å²) >= 11 is 0. The molecule has 0 heterocycles. The lowest BCUT2D eigenvalue weighted by molar-refractivity contribution is -0.873. The summed E-state index contributed by atoms with van der Waals surface area (Å²) in [6.07, 6.45) is 2.38. The number of carboxylic acid groups (broad SMARTS) is 2. The maximum atomic E-state index is 11.8. The molecule has 3 N–H and O–H groups in total. The zero-order chi connectivity index (χ0) is 19.5. The number of aliphatic hydroxyl groups is 1. The average Bonchev–Trinajstić information content (AvgIpc) is 2.40. The van der Waals surface area contributed by atoms with Crippen molar-refractivity contribution in [2.24, 2.45) is 0 Å². The van der Waals surface area contributed by atoms with Crippen molar-refractivity contribution in [2.45, 2.75) is 51.0 Å². The standard InChI is InChI=1S/C17H29NO7/c1-18(2,3)12-14(11-16(22)23)25-17(24)10-5-4-7-13(19)8-6-9-15(20)21/h8,14H,4-7,9-12H2,1-3H3,(H2-,19,20,21,22,23)/p+1/b13-8-. The fourth-order valence-electron chi connectivity index (χ4n) is 2.23. The molecule has 0 aliphatic rings. The normalized spacial score (nSPS) is 13.3. The van der Waals surface area contributed by atoms with E-state index < -0.39 is 24.0 Å². The molecule has 0 aromatic rings. The summed E-state index contributed by atoms with van der Waals surface area (Å²) in [5.74, 6) is -2.27. The van der Waals surface area contributed by atoms with E-state index in [0.29, 0.717) is 30.3 Å². The maximum absolute atomic E-state index is 11.8. The van der Waals surface area contributed by atoms with Crippen LogP contribution in [-0.4, -0.2) is 71.5 Å². The van der Waals surface area contributed by atoms with Gasteiger partial charge in [0.25, 0.3) is 0 Å². The number of ether oxygens (including phenoxy) is 1. The van der Waals surface area contributed by atoms with Gasteiger partial charge in [-0.05, 0) is 25.3 Å². The van der Waals surface area contributed by atoms with E-state index in [9.17, 15) is 19.5 Å². The predicted molar refractivity (Wildman–Crippen MR) is 91.1 cm³/mol. The topological polar surface area (TPSA) is 121 Å². The zero-order valence-corrected chi connectivity index (χ0v) is 15.2. The number of carbonyl (C=O) groups excluding carboxylic acids is 1. The molecule has 0 rings (SSSR count). The molecule has 0 aliphatic heterocycles. The Hall–Kier alpha value is -2.09. The number of aliphatic carboxylic acids is 2. The van der Waals surface area contributed by atoms with Gasteiger partial charge < -0.3 is 24.5 Å². The van der Waals surface area contributed by atoms with Gasteiger partial charge in [0.2, 0.25) is 0 Å². The van der Waals surface area contributed by atoms with Gasteiger partial charge in [0, 0.05) is 19.3 Å². The van der Waals surface area contributed by atoms with E-state index in [4.69, 9.17) is 14.9 Å². The summed E-state index contributed by atoms with van der Waals surface area (Å²) in [4.78, 5) is 33.1. The quantitative estimate of drug-likeness (QED) is 0.199. The number of nitrogens with zero attached hydrogens (tertiary/aromatic N) is 1. The minimum Gasteiger partial charge on any atom is -0.513 e. The highest BCUT2D eigenvalue weighted by atomic mass is 16.5. The molecule has 8 nitrogen and oxygen atoms in total. The molecule has 0 aromatic carbocycles. The fraction of sp³-hybridized carbons (Fsp3) is 0.706. The van der Waals surface area contributed by atoms with Gasteiger partial charge >= 0.3 is 17.9 Å². The van der Waals surface area contributed by atoms with Gasteiger partial charge in [0.15, 0.2) is 6.10 Å². The number of aliphatic hydroxyl groups excluding tert-OH is 1. The van der Waals surface area contributed by atoms with Gasteiger partial charge in [-0.1, -0.05) is 0 Å². The predicted octanol–water partition coefficient (Wildman–Crippen LogP) is 1.95. The summed E-state index contributed by atoms with van der Waals surface area (Å²) in [5, 5.41) is 27.0. The third kappa shape index (κ3) is 15.2.